The normalized spacial score (nSPS) is 22.0. The third-order valence-electron chi connectivity index (χ3n) is 5.65. The lowest BCUT2D eigenvalue weighted by Crippen LogP contribution is -2.58. The Labute approximate surface area is 138 Å². The Morgan fingerprint density at radius 2 is 1.78 bits per heavy atom. The average Bonchev–Trinajstić information content (AvgIpc) is 2.93. The number of nitrogens with zero attached hydrogens (tertiary/aromatic N) is 2. The molecule has 1 saturated carbocycles. The first kappa shape index (κ1) is 16.5. The molecule has 1 saturated heterocycles. The minimum absolute atomic E-state index is 0.0387. The molecule has 5 nitrogen and oxygen atoms in total. The predicted octanol–water partition coefficient (Wildman–Crippen LogP) is 3.21. The van der Waals surface area contributed by atoms with Crippen LogP contribution in [0.2, 0.25) is 0 Å². The second-order valence-electron chi connectivity index (χ2n) is 7.21. The van der Waals surface area contributed by atoms with Crippen LogP contribution in [-0.2, 0) is 0 Å². The Morgan fingerprint density at radius 3 is 2.39 bits per heavy atom. The lowest BCUT2D eigenvalue weighted by molar-refractivity contribution is 0.0326. The Balaban J connectivity index is 1.70. The fourth-order valence-electron chi connectivity index (χ4n) is 4.32. The van der Waals surface area contributed by atoms with Gasteiger partial charge in [-0.15, -0.1) is 0 Å². The van der Waals surface area contributed by atoms with Gasteiger partial charge < -0.3 is 9.84 Å². The third kappa shape index (κ3) is 3.44. The average molecular weight is 319 g/mol. The highest BCUT2D eigenvalue weighted by Crippen LogP contribution is 2.35. The highest BCUT2D eigenvalue weighted by Gasteiger charge is 2.38. The fourth-order valence-corrected chi connectivity index (χ4v) is 4.32. The van der Waals surface area contributed by atoms with Gasteiger partial charge in [0.05, 0.1) is 5.69 Å². The highest BCUT2D eigenvalue weighted by atomic mass is 16.5. The Kier molecular flexibility index (Phi) is 5.05. The van der Waals surface area contributed by atoms with E-state index in [0.29, 0.717) is 17.0 Å². The smallest absolute Gasteiger partial charge is 0.256 e. The number of hydrogen-bond acceptors (Lipinski definition) is 4. The minimum atomic E-state index is -0.0387. The lowest BCUT2D eigenvalue weighted by atomic mass is 9.79. The van der Waals surface area contributed by atoms with Crippen molar-refractivity contribution < 1.29 is 9.32 Å². The van der Waals surface area contributed by atoms with Crippen molar-refractivity contribution in [2.45, 2.75) is 70.8 Å². The second-order valence-corrected chi connectivity index (χ2v) is 7.21. The summed E-state index contributed by atoms with van der Waals surface area (Å²) in [6, 6.07) is 0. The Bertz CT molecular complexity index is 521. The molecular formula is C18H29N3O2. The molecule has 0 radical (unpaired) electrons. The largest absolute Gasteiger partial charge is 0.361 e. The predicted molar refractivity (Wildman–Crippen MR) is 89.6 cm³/mol. The number of nitrogens with one attached hydrogen (secondary N) is 1. The maximum absolute atomic E-state index is 12.6. The van der Waals surface area contributed by atoms with Crippen molar-refractivity contribution >= 4 is 5.91 Å². The van der Waals surface area contributed by atoms with Crippen molar-refractivity contribution in [3.05, 3.63) is 17.0 Å². The highest BCUT2D eigenvalue weighted by molar-refractivity contribution is 5.96. The van der Waals surface area contributed by atoms with E-state index < -0.39 is 0 Å². The SMILES string of the molecule is Cc1noc(C)c1C(=O)NCC1(N2CCCCC2)CCCCC1. The summed E-state index contributed by atoms with van der Waals surface area (Å²) in [5.41, 5.74) is 1.44. The van der Waals surface area contributed by atoms with Crippen LogP contribution in [0.1, 0.15) is 73.2 Å². The summed E-state index contributed by atoms with van der Waals surface area (Å²) in [7, 11) is 0. The maximum Gasteiger partial charge on any atom is 0.256 e. The van der Waals surface area contributed by atoms with E-state index in [0.717, 1.165) is 6.54 Å². The van der Waals surface area contributed by atoms with Gasteiger partial charge in [-0.2, -0.15) is 0 Å². The first-order chi connectivity index (χ1) is 11.1. The van der Waals surface area contributed by atoms with Gasteiger partial charge in [0.25, 0.3) is 5.91 Å². The molecular weight excluding hydrogens is 290 g/mol. The summed E-state index contributed by atoms with van der Waals surface area (Å²) in [4.78, 5) is 15.2. The molecule has 5 heteroatoms. The molecule has 1 aromatic rings. The van der Waals surface area contributed by atoms with Crippen LogP contribution in [0.5, 0.6) is 0 Å². The summed E-state index contributed by atoms with van der Waals surface area (Å²) in [6.07, 6.45) is 10.2. The minimum Gasteiger partial charge on any atom is -0.361 e. The summed E-state index contributed by atoms with van der Waals surface area (Å²) < 4.78 is 5.13. The van der Waals surface area contributed by atoms with Gasteiger partial charge in [0.1, 0.15) is 11.3 Å². The molecule has 3 rings (SSSR count). The van der Waals surface area contributed by atoms with Gasteiger partial charge in [0.2, 0.25) is 0 Å². The molecule has 128 valence electrons. The van der Waals surface area contributed by atoms with Crippen LogP contribution in [0.3, 0.4) is 0 Å². The van der Waals surface area contributed by atoms with Gasteiger partial charge in [-0.3, -0.25) is 9.69 Å². The molecule has 1 aliphatic carbocycles. The Morgan fingerprint density at radius 1 is 1.13 bits per heavy atom. The van der Waals surface area contributed by atoms with Crippen LogP contribution in [-0.4, -0.2) is 41.1 Å². The van der Waals surface area contributed by atoms with Crippen molar-refractivity contribution in [2.75, 3.05) is 19.6 Å². The zero-order valence-corrected chi connectivity index (χ0v) is 14.5. The van der Waals surface area contributed by atoms with E-state index in [9.17, 15) is 4.79 Å². The number of aryl methyl sites for hydroxylation is 2. The molecule has 2 aliphatic rings. The maximum atomic E-state index is 12.6. The van der Waals surface area contributed by atoms with Crippen molar-refractivity contribution in [3.63, 3.8) is 0 Å². The monoisotopic (exact) mass is 319 g/mol. The molecule has 0 spiro atoms. The molecule has 0 bridgehead atoms. The Hall–Kier alpha value is -1.36. The van der Waals surface area contributed by atoms with E-state index in [1.54, 1.807) is 6.92 Å². The van der Waals surface area contributed by atoms with Gasteiger partial charge in [0.15, 0.2) is 0 Å². The van der Waals surface area contributed by atoms with Crippen molar-refractivity contribution in [1.82, 2.24) is 15.4 Å². The molecule has 1 aliphatic heterocycles. The standard InChI is InChI=1S/C18H29N3O2/c1-14-16(15(2)23-20-14)17(22)19-13-18(9-5-3-6-10-18)21-11-7-4-8-12-21/h3-13H2,1-2H3,(H,19,22). The summed E-state index contributed by atoms with van der Waals surface area (Å²) in [5.74, 6) is 0.568. The number of hydrogen-bond donors (Lipinski definition) is 1. The summed E-state index contributed by atoms with van der Waals surface area (Å²) in [5, 5.41) is 7.09. The van der Waals surface area contributed by atoms with Crippen LogP contribution in [0.4, 0.5) is 0 Å². The number of carbonyl (C=O) groups excluding carboxylic acids is 1. The van der Waals surface area contributed by atoms with Gasteiger partial charge in [0, 0.05) is 12.1 Å². The molecule has 2 heterocycles. The van der Waals surface area contributed by atoms with Gasteiger partial charge in [-0.1, -0.05) is 30.8 Å². The fraction of sp³-hybridized carbons (Fsp3) is 0.778. The first-order valence-electron chi connectivity index (χ1n) is 9.08. The van der Waals surface area contributed by atoms with Crippen molar-refractivity contribution in [1.29, 1.82) is 0 Å². The number of aromatic nitrogens is 1. The van der Waals surface area contributed by atoms with Crippen LogP contribution in [0.25, 0.3) is 0 Å². The third-order valence-corrected chi connectivity index (χ3v) is 5.65. The van der Waals surface area contributed by atoms with E-state index in [4.69, 9.17) is 4.52 Å². The van der Waals surface area contributed by atoms with E-state index in [2.05, 4.69) is 15.4 Å². The molecule has 1 aromatic heterocycles. The van der Waals surface area contributed by atoms with Crippen molar-refractivity contribution in [2.24, 2.45) is 0 Å². The van der Waals surface area contributed by atoms with Crippen LogP contribution < -0.4 is 5.32 Å². The second kappa shape index (κ2) is 7.04. The topological polar surface area (TPSA) is 58.4 Å². The molecule has 1 amide bonds. The molecule has 23 heavy (non-hydrogen) atoms. The molecule has 2 fully saturated rings. The van der Waals surface area contributed by atoms with Crippen LogP contribution >= 0.6 is 0 Å². The van der Waals surface area contributed by atoms with E-state index >= 15 is 0 Å². The molecule has 1 N–H and O–H groups in total. The van der Waals surface area contributed by atoms with E-state index in [1.807, 2.05) is 6.92 Å². The van der Waals surface area contributed by atoms with Crippen molar-refractivity contribution in [3.8, 4) is 0 Å². The molecule has 0 aromatic carbocycles. The molecule has 0 unspecified atom stereocenters. The zero-order chi connectivity index (χ0) is 16.3. The first-order valence-corrected chi connectivity index (χ1v) is 9.08. The number of amides is 1. The van der Waals surface area contributed by atoms with Crippen LogP contribution in [0, 0.1) is 13.8 Å². The van der Waals surface area contributed by atoms with Gasteiger partial charge >= 0.3 is 0 Å². The number of carbonyl (C=O) groups is 1. The summed E-state index contributed by atoms with van der Waals surface area (Å²) in [6.45, 7) is 6.74. The number of likely N-dealkylation sites (tertiary alicyclic amines) is 1. The lowest BCUT2D eigenvalue weighted by Gasteiger charge is -2.48. The van der Waals surface area contributed by atoms with Crippen LogP contribution in [0.15, 0.2) is 4.52 Å². The quantitative estimate of drug-likeness (QED) is 0.926. The van der Waals surface area contributed by atoms with Gasteiger partial charge in [-0.25, -0.2) is 0 Å². The van der Waals surface area contributed by atoms with E-state index in [1.165, 1.54) is 64.5 Å². The number of rotatable bonds is 4. The van der Waals surface area contributed by atoms with Gasteiger partial charge in [-0.05, 0) is 52.6 Å². The zero-order valence-electron chi connectivity index (χ0n) is 14.5. The molecule has 0 atom stereocenters. The van der Waals surface area contributed by atoms with E-state index in [-0.39, 0.29) is 11.4 Å². The summed E-state index contributed by atoms with van der Waals surface area (Å²) >= 11 is 0. The number of piperidine rings is 1.